The van der Waals surface area contributed by atoms with Gasteiger partial charge in [-0.3, -0.25) is 4.98 Å². The van der Waals surface area contributed by atoms with Gasteiger partial charge in [0, 0.05) is 17.1 Å². The summed E-state index contributed by atoms with van der Waals surface area (Å²) in [6.07, 6.45) is 1.04. The first kappa shape index (κ1) is 13.6. The van der Waals surface area contributed by atoms with E-state index in [0.717, 1.165) is 30.0 Å². The fraction of sp³-hybridized carbons (Fsp3) is 0.333. The third-order valence-electron chi connectivity index (χ3n) is 3.10. The molecule has 0 atom stereocenters. The largest absolute Gasteiger partial charge is 0.379 e. The Balaban J connectivity index is 2.23. The van der Waals surface area contributed by atoms with Gasteiger partial charge >= 0.3 is 0 Å². The van der Waals surface area contributed by atoms with Gasteiger partial charge in [-0.2, -0.15) is 5.26 Å². The molecule has 3 nitrogen and oxygen atoms in total. The molecule has 0 saturated heterocycles. The summed E-state index contributed by atoms with van der Waals surface area (Å²) in [5.74, 6) is 0. The highest BCUT2D eigenvalue weighted by atomic mass is 32.1. The van der Waals surface area contributed by atoms with Crippen LogP contribution >= 0.6 is 11.3 Å². The van der Waals surface area contributed by atoms with E-state index in [-0.39, 0.29) is 0 Å². The standard InChI is InChI=1S/C15H17N3S/c1-4-12-5-6-19-15(12)9-17-14-7-10(2)18-11(3)13(14)8-16/h5-7H,4,9H2,1-3H3,(H,17,18). The van der Waals surface area contributed by atoms with Crippen molar-refractivity contribution in [3.63, 3.8) is 0 Å². The third kappa shape index (κ3) is 2.94. The van der Waals surface area contributed by atoms with E-state index in [1.165, 1.54) is 10.4 Å². The van der Waals surface area contributed by atoms with E-state index in [9.17, 15) is 5.26 Å². The number of aryl methyl sites for hydroxylation is 3. The highest BCUT2D eigenvalue weighted by Gasteiger charge is 2.09. The van der Waals surface area contributed by atoms with Crippen molar-refractivity contribution in [1.29, 1.82) is 5.26 Å². The summed E-state index contributed by atoms with van der Waals surface area (Å²) in [6, 6.07) is 6.33. The Morgan fingerprint density at radius 2 is 2.21 bits per heavy atom. The molecule has 4 heteroatoms. The summed E-state index contributed by atoms with van der Waals surface area (Å²) in [5.41, 5.74) is 4.61. The highest BCUT2D eigenvalue weighted by Crippen LogP contribution is 2.22. The first-order valence-corrected chi connectivity index (χ1v) is 7.21. The van der Waals surface area contributed by atoms with Crippen LogP contribution in [0.2, 0.25) is 0 Å². The Bertz CT molecular complexity index is 623. The normalized spacial score (nSPS) is 10.2. The van der Waals surface area contributed by atoms with Crippen LogP contribution in [0.15, 0.2) is 17.5 Å². The minimum atomic E-state index is 0.639. The Labute approximate surface area is 117 Å². The van der Waals surface area contributed by atoms with Crippen molar-refractivity contribution in [1.82, 2.24) is 4.98 Å². The minimum absolute atomic E-state index is 0.639. The summed E-state index contributed by atoms with van der Waals surface area (Å²) in [6.45, 7) is 6.74. The molecule has 0 radical (unpaired) electrons. The number of anilines is 1. The lowest BCUT2D eigenvalue weighted by Crippen LogP contribution is -2.04. The van der Waals surface area contributed by atoms with Gasteiger partial charge < -0.3 is 5.32 Å². The molecule has 2 rings (SSSR count). The number of aromatic nitrogens is 1. The Kier molecular flexibility index (Phi) is 4.18. The lowest BCUT2D eigenvalue weighted by Gasteiger charge is -2.11. The van der Waals surface area contributed by atoms with Crippen LogP contribution in [-0.2, 0) is 13.0 Å². The van der Waals surface area contributed by atoms with Gasteiger partial charge in [-0.15, -0.1) is 11.3 Å². The molecule has 0 aromatic carbocycles. The van der Waals surface area contributed by atoms with E-state index in [2.05, 4.69) is 34.7 Å². The third-order valence-corrected chi connectivity index (χ3v) is 4.06. The summed E-state index contributed by atoms with van der Waals surface area (Å²) in [4.78, 5) is 5.66. The average molecular weight is 271 g/mol. The van der Waals surface area contributed by atoms with Gasteiger partial charge in [-0.1, -0.05) is 6.92 Å². The molecule has 0 aliphatic rings. The molecule has 2 aromatic heterocycles. The molecule has 2 aromatic rings. The Hall–Kier alpha value is -1.86. The number of hydrogen-bond donors (Lipinski definition) is 1. The lowest BCUT2D eigenvalue weighted by atomic mass is 10.1. The molecule has 0 saturated carbocycles. The van der Waals surface area contributed by atoms with E-state index in [1.807, 2.05) is 19.9 Å². The Morgan fingerprint density at radius 3 is 2.89 bits per heavy atom. The smallest absolute Gasteiger partial charge is 0.103 e. The lowest BCUT2D eigenvalue weighted by molar-refractivity contribution is 1.06. The topological polar surface area (TPSA) is 48.7 Å². The second-order valence-electron chi connectivity index (χ2n) is 4.46. The number of nitrogens with zero attached hydrogens (tertiary/aromatic N) is 2. The summed E-state index contributed by atoms with van der Waals surface area (Å²) in [7, 11) is 0. The van der Waals surface area contributed by atoms with Crippen LogP contribution < -0.4 is 5.32 Å². The van der Waals surface area contributed by atoms with Crippen molar-refractivity contribution in [2.24, 2.45) is 0 Å². The second kappa shape index (κ2) is 5.85. The summed E-state index contributed by atoms with van der Waals surface area (Å²) in [5, 5.41) is 14.7. The van der Waals surface area contributed by atoms with Crippen LogP contribution in [0, 0.1) is 25.2 Å². The zero-order valence-corrected chi connectivity index (χ0v) is 12.3. The van der Waals surface area contributed by atoms with Gasteiger partial charge in [-0.05, 0) is 43.3 Å². The maximum absolute atomic E-state index is 9.22. The van der Waals surface area contributed by atoms with E-state index in [0.29, 0.717) is 5.56 Å². The molecule has 0 aliphatic heterocycles. The van der Waals surface area contributed by atoms with Crippen LogP contribution in [0.3, 0.4) is 0 Å². The highest BCUT2D eigenvalue weighted by molar-refractivity contribution is 7.10. The molecule has 0 spiro atoms. The van der Waals surface area contributed by atoms with Gasteiger partial charge in [0.2, 0.25) is 0 Å². The van der Waals surface area contributed by atoms with E-state index in [1.54, 1.807) is 11.3 Å². The molecule has 0 amide bonds. The molecule has 98 valence electrons. The van der Waals surface area contributed by atoms with Crippen LogP contribution in [0.5, 0.6) is 0 Å². The molecule has 0 aliphatic carbocycles. The van der Waals surface area contributed by atoms with E-state index >= 15 is 0 Å². The quantitative estimate of drug-likeness (QED) is 0.920. The monoisotopic (exact) mass is 271 g/mol. The van der Waals surface area contributed by atoms with Crippen LogP contribution in [-0.4, -0.2) is 4.98 Å². The molecule has 1 N–H and O–H groups in total. The fourth-order valence-corrected chi connectivity index (χ4v) is 3.04. The fourth-order valence-electron chi connectivity index (χ4n) is 2.12. The van der Waals surface area contributed by atoms with Crippen LogP contribution in [0.25, 0.3) is 0 Å². The van der Waals surface area contributed by atoms with Gasteiger partial charge in [0.05, 0.1) is 16.9 Å². The van der Waals surface area contributed by atoms with Gasteiger partial charge in [0.15, 0.2) is 0 Å². The van der Waals surface area contributed by atoms with Gasteiger partial charge in [-0.25, -0.2) is 0 Å². The predicted octanol–water partition coefficient (Wildman–Crippen LogP) is 3.81. The first-order chi connectivity index (χ1) is 9.15. The van der Waals surface area contributed by atoms with Crippen molar-refractivity contribution in [3.05, 3.63) is 44.9 Å². The van der Waals surface area contributed by atoms with Crippen molar-refractivity contribution < 1.29 is 0 Å². The molecule has 19 heavy (non-hydrogen) atoms. The number of nitrogens with one attached hydrogen (secondary N) is 1. The Morgan fingerprint density at radius 1 is 1.42 bits per heavy atom. The first-order valence-electron chi connectivity index (χ1n) is 6.33. The maximum Gasteiger partial charge on any atom is 0.103 e. The zero-order chi connectivity index (χ0) is 13.8. The van der Waals surface area contributed by atoms with Crippen molar-refractivity contribution in [3.8, 4) is 6.07 Å². The van der Waals surface area contributed by atoms with Crippen molar-refractivity contribution >= 4 is 17.0 Å². The zero-order valence-electron chi connectivity index (χ0n) is 11.4. The van der Waals surface area contributed by atoms with E-state index in [4.69, 9.17) is 0 Å². The molecule has 0 fully saturated rings. The molecule has 2 heterocycles. The molecular formula is C15H17N3S. The second-order valence-corrected chi connectivity index (χ2v) is 5.46. The average Bonchev–Trinajstić information content (AvgIpc) is 2.83. The number of nitriles is 1. The minimum Gasteiger partial charge on any atom is -0.379 e. The van der Waals surface area contributed by atoms with E-state index < -0.39 is 0 Å². The SMILES string of the molecule is CCc1ccsc1CNc1cc(C)nc(C)c1C#N. The van der Waals surface area contributed by atoms with Crippen LogP contribution in [0.1, 0.15) is 34.3 Å². The molecular weight excluding hydrogens is 254 g/mol. The van der Waals surface area contributed by atoms with Crippen molar-refractivity contribution in [2.75, 3.05) is 5.32 Å². The van der Waals surface area contributed by atoms with Crippen LogP contribution in [0.4, 0.5) is 5.69 Å². The van der Waals surface area contributed by atoms with Gasteiger partial charge in [0.25, 0.3) is 0 Å². The van der Waals surface area contributed by atoms with Gasteiger partial charge in [0.1, 0.15) is 6.07 Å². The number of hydrogen-bond acceptors (Lipinski definition) is 4. The summed E-state index contributed by atoms with van der Waals surface area (Å²) < 4.78 is 0. The summed E-state index contributed by atoms with van der Waals surface area (Å²) >= 11 is 1.75. The van der Waals surface area contributed by atoms with Crippen molar-refractivity contribution in [2.45, 2.75) is 33.7 Å². The molecule has 0 unspecified atom stereocenters. The number of pyridine rings is 1. The predicted molar refractivity (Wildman–Crippen MR) is 79.4 cm³/mol. The number of thiophene rings is 1. The number of rotatable bonds is 4. The molecule has 0 bridgehead atoms. The maximum atomic E-state index is 9.22.